The van der Waals surface area contributed by atoms with Crippen LogP contribution in [0.5, 0.6) is 5.75 Å². The first-order valence-electron chi connectivity index (χ1n) is 12.2. The van der Waals surface area contributed by atoms with E-state index >= 15 is 0 Å². The number of benzene rings is 3. The molecular weight excluding hydrogens is 495 g/mol. The maximum Gasteiger partial charge on any atom is 0.261 e. The van der Waals surface area contributed by atoms with E-state index in [0.717, 1.165) is 36.8 Å². The van der Waals surface area contributed by atoms with Gasteiger partial charge in [0.05, 0.1) is 0 Å². The second kappa shape index (κ2) is 12.8. The van der Waals surface area contributed by atoms with E-state index in [1.807, 2.05) is 42.5 Å². The molecular formula is C29H30Cl2N2O3. The summed E-state index contributed by atoms with van der Waals surface area (Å²) >= 11 is 12.1. The molecule has 0 radical (unpaired) electrons. The summed E-state index contributed by atoms with van der Waals surface area (Å²) in [5.74, 6) is 0.0700. The third-order valence-corrected chi connectivity index (χ3v) is 6.88. The minimum Gasteiger partial charge on any atom is -0.484 e. The van der Waals surface area contributed by atoms with E-state index in [1.54, 1.807) is 41.3 Å². The molecule has 2 amide bonds. The van der Waals surface area contributed by atoms with Crippen molar-refractivity contribution in [2.45, 2.75) is 50.7 Å². The molecule has 5 nitrogen and oxygen atoms in total. The van der Waals surface area contributed by atoms with Crippen molar-refractivity contribution < 1.29 is 14.3 Å². The van der Waals surface area contributed by atoms with Gasteiger partial charge < -0.3 is 15.0 Å². The van der Waals surface area contributed by atoms with Gasteiger partial charge in [0, 0.05) is 29.1 Å². The van der Waals surface area contributed by atoms with Crippen molar-refractivity contribution in [2.75, 3.05) is 6.61 Å². The van der Waals surface area contributed by atoms with Gasteiger partial charge in [0.15, 0.2) is 6.61 Å². The van der Waals surface area contributed by atoms with Crippen molar-refractivity contribution in [3.8, 4) is 5.75 Å². The Labute approximate surface area is 222 Å². The fourth-order valence-electron chi connectivity index (χ4n) is 4.49. The predicted octanol–water partition coefficient (Wildman–Crippen LogP) is 6.07. The fourth-order valence-corrected chi connectivity index (χ4v) is 4.80. The second-order valence-corrected chi connectivity index (χ2v) is 9.96. The lowest BCUT2D eigenvalue weighted by molar-refractivity contribution is -0.143. The summed E-state index contributed by atoms with van der Waals surface area (Å²) in [4.78, 5) is 28.9. The number of nitrogens with one attached hydrogen (secondary N) is 1. The monoisotopic (exact) mass is 524 g/mol. The van der Waals surface area contributed by atoms with Crippen molar-refractivity contribution >= 4 is 35.0 Å². The van der Waals surface area contributed by atoms with Crippen LogP contribution in [0.2, 0.25) is 10.0 Å². The molecule has 0 saturated heterocycles. The molecule has 0 spiro atoms. The van der Waals surface area contributed by atoms with Crippen LogP contribution in [0.25, 0.3) is 0 Å². The molecule has 1 aliphatic rings. The van der Waals surface area contributed by atoms with Gasteiger partial charge in [0.1, 0.15) is 11.8 Å². The Morgan fingerprint density at radius 3 is 2.31 bits per heavy atom. The molecule has 0 aromatic heterocycles. The maximum atomic E-state index is 13.6. The lowest BCUT2D eigenvalue weighted by Gasteiger charge is -2.32. The largest absolute Gasteiger partial charge is 0.484 e. The van der Waals surface area contributed by atoms with E-state index in [4.69, 9.17) is 27.9 Å². The molecule has 188 valence electrons. The molecule has 1 saturated carbocycles. The number of ether oxygens (including phenoxy) is 1. The summed E-state index contributed by atoms with van der Waals surface area (Å²) in [6.07, 6.45) is 4.54. The van der Waals surface area contributed by atoms with Gasteiger partial charge in [-0.2, -0.15) is 0 Å². The molecule has 1 N–H and O–H groups in total. The van der Waals surface area contributed by atoms with Crippen LogP contribution in [-0.4, -0.2) is 35.4 Å². The predicted molar refractivity (Wildman–Crippen MR) is 143 cm³/mol. The van der Waals surface area contributed by atoms with Gasteiger partial charge >= 0.3 is 0 Å². The molecule has 3 aromatic rings. The summed E-state index contributed by atoms with van der Waals surface area (Å²) in [5, 5.41) is 4.33. The molecule has 36 heavy (non-hydrogen) atoms. The number of hydrogen-bond donors (Lipinski definition) is 1. The van der Waals surface area contributed by atoms with Gasteiger partial charge in [-0.25, -0.2) is 0 Å². The molecule has 0 heterocycles. The van der Waals surface area contributed by atoms with E-state index in [0.29, 0.717) is 22.2 Å². The molecule has 0 bridgehead atoms. The highest BCUT2D eigenvalue weighted by Crippen LogP contribution is 2.21. The molecule has 1 aliphatic carbocycles. The SMILES string of the molecule is O=C(NC1CCCC1)[C@@H](Cc1ccccc1)N(Cc1ccc(Cl)cc1)C(=O)COc1cccc(Cl)c1. The van der Waals surface area contributed by atoms with Gasteiger partial charge in [0.2, 0.25) is 5.91 Å². The third-order valence-electron chi connectivity index (χ3n) is 6.40. The summed E-state index contributed by atoms with van der Waals surface area (Å²) in [6.45, 7) is 0.0421. The van der Waals surface area contributed by atoms with Crippen molar-refractivity contribution in [1.82, 2.24) is 10.2 Å². The van der Waals surface area contributed by atoms with Gasteiger partial charge in [-0.05, 0) is 54.3 Å². The van der Waals surface area contributed by atoms with E-state index in [9.17, 15) is 9.59 Å². The quantitative estimate of drug-likeness (QED) is 0.350. The standard InChI is InChI=1S/C29H30Cl2N2O3/c30-23-15-13-22(14-16-23)19-33(28(34)20-36-26-12-6-9-24(31)18-26)27(17-21-7-2-1-3-8-21)29(35)32-25-10-4-5-11-25/h1-3,6-9,12-16,18,25,27H,4-5,10-11,17,19-20H2,(H,32,35)/t27-/m1/s1. The minimum absolute atomic E-state index is 0.143. The highest BCUT2D eigenvalue weighted by Gasteiger charge is 2.32. The Morgan fingerprint density at radius 1 is 0.889 bits per heavy atom. The Morgan fingerprint density at radius 2 is 1.61 bits per heavy atom. The van der Waals surface area contributed by atoms with Gasteiger partial charge in [-0.3, -0.25) is 9.59 Å². The van der Waals surface area contributed by atoms with Crippen molar-refractivity contribution in [3.05, 3.63) is 100 Å². The fraction of sp³-hybridized carbons (Fsp3) is 0.310. The van der Waals surface area contributed by atoms with Gasteiger partial charge in [-0.15, -0.1) is 0 Å². The lowest BCUT2D eigenvalue weighted by atomic mass is 10.0. The first kappa shape index (κ1) is 26.1. The summed E-state index contributed by atoms with van der Waals surface area (Å²) in [7, 11) is 0. The zero-order chi connectivity index (χ0) is 25.3. The average Bonchev–Trinajstić information content (AvgIpc) is 3.39. The van der Waals surface area contributed by atoms with Crippen LogP contribution in [0.15, 0.2) is 78.9 Å². The number of carbonyl (C=O) groups excluding carboxylic acids is 2. The number of carbonyl (C=O) groups is 2. The Hall–Kier alpha value is -3.02. The molecule has 1 fully saturated rings. The average molecular weight is 525 g/mol. The number of amides is 2. The topological polar surface area (TPSA) is 58.6 Å². The van der Waals surface area contributed by atoms with E-state index < -0.39 is 6.04 Å². The highest BCUT2D eigenvalue weighted by atomic mass is 35.5. The lowest BCUT2D eigenvalue weighted by Crippen LogP contribution is -2.53. The van der Waals surface area contributed by atoms with Gasteiger partial charge in [0.25, 0.3) is 5.91 Å². The minimum atomic E-state index is -0.695. The molecule has 0 aliphatic heterocycles. The Balaban J connectivity index is 1.60. The first-order chi connectivity index (χ1) is 17.5. The molecule has 3 aromatic carbocycles. The van der Waals surface area contributed by atoms with Crippen LogP contribution in [0.4, 0.5) is 0 Å². The van der Waals surface area contributed by atoms with E-state index in [-0.39, 0.29) is 31.0 Å². The Kier molecular flexibility index (Phi) is 9.26. The molecule has 1 atom stereocenters. The second-order valence-electron chi connectivity index (χ2n) is 9.09. The number of halogens is 2. The van der Waals surface area contributed by atoms with Crippen molar-refractivity contribution in [2.24, 2.45) is 0 Å². The number of hydrogen-bond acceptors (Lipinski definition) is 3. The van der Waals surface area contributed by atoms with Crippen LogP contribution < -0.4 is 10.1 Å². The summed E-state index contributed by atoms with van der Waals surface area (Å²) < 4.78 is 5.77. The molecule has 0 unspecified atom stereocenters. The first-order valence-corrected chi connectivity index (χ1v) is 13.0. The molecule has 7 heteroatoms. The molecule has 4 rings (SSSR count). The van der Waals surface area contributed by atoms with Crippen LogP contribution in [0.1, 0.15) is 36.8 Å². The Bertz CT molecular complexity index is 1150. The van der Waals surface area contributed by atoms with Crippen LogP contribution in [0.3, 0.4) is 0 Å². The summed E-state index contributed by atoms with van der Waals surface area (Å²) in [5.41, 5.74) is 1.86. The van der Waals surface area contributed by atoms with Crippen LogP contribution in [-0.2, 0) is 22.6 Å². The zero-order valence-electron chi connectivity index (χ0n) is 20.0. The smallest absolute Gasteiger partial charge is 0.261 e. The van der Waals surface area contributed by atoms with Crippen molar-refractivity contribution in [1.29, 1.82) is 0 Å². The number of nitrogens with zero attached hydrogens (tertiary/aromatic N) is 1. The maximum absolute atomic E-state index is 13.6. The zero-order valence-corrected chi connectivity index (χ0v) is 21.5. The van der Waals surface area contributed by atoms with E-state index in [2.05, 4.69) is 5.32 Å². The van der Waals surface area contributed by atoms with Gasteiger partial charge in [-0.1, -0.05) is 84.6 Å². The highest BCUT2D eigenvalue weighted by molar-refractivity contribution is 6.30. The number of rotatable bonds is 10. The van der Waals surface area contributed by atoms with Crippen molar-refractivity contribution in [3.63, 3.8) is 0 Å². The van der Waals surface area contributed by atoms with E-state index in [1.165, 1.54) is 0 Å². The normalized spacial score (nSPS) is 14.3. The van der Waals surface area contributed by atoms with Crippen LogP contribution >= 0.6 is 23.2 Å². The third kappa shape index (κ3) is 7.49. The van der Waals surface area contributed by atoms with Crippen LogP contribution in [0, 0.1) is 0 Å². The summed E-state index contributed by atoms with van der Waals surface area (Å²) in [6, 6.07) is 23.4.